The SMILES string of the molecule is O=C(Cc1ccon1)NC1CC(Cc2noc(=O)[nH]2)C1. The number of hydrogen-bond acceptors (Lipinski definition) is 6. The van der Waals surface area contributed by atoms with Crippen molar-refractivity contribution in [1.82, 2.24) is 20.6 Å². The van der Waals surface area contributed by atoms with E-state index in [-0.39, 0.29) is 18.4 Å². The number of aromatic amines is 1. The standard InChI is InChI=1S/C12H14N4O4/c17-11(6-8-1-2-19-15-8)13-9-3-7(4-9)5-10-14-12(18)20-16-10/h1-2,7,9H,3-6H2,(H,13,17)(H,14,16,18). The highest BCUT2D eigenvalue weighted by molar-refractivity contribution is 5.78. The van der Waals surface area contributed by atoms with E-state index >= 15 is 0 Å². The van der Waals surface area contributed by atoms with Crippen molar-refractivity contribution in [2.75, 3.05) is 0 Å². The van der Waals surface area contributed by atoms with Gasteiger partial charge in [-0.15, -0.1) is 0 Å². The van der Waals surface area contributed by atoms with Gasteiger partial charge < -0.3 is 9.84 Å². The minimum Gasteiger partial charge on any atom is -0.364 e. The Morgan fingerprint density at radius 3 is 2.95 bits per heavy atom. The van der Waals surface area contributed by atoms with Gasteiger partial charge in [0.2, 0.25) is 5.91 Å². The monoisotopic (exact) mass is 278 g/mol. The van der Waals surface area contributed by atoms with Crippen molar-refractivity contribution in [2.24, 2.45) is 5.92 Å². The molecule has 2 aromatic rings. The molecule has 2 heterocycles. The van der Waals surface area contributed by atoms with Crippen LogP contribution in [0.25, 0.3) is 0 Å². The van der Waals surface area contributed by atoms with Crippen LogP contribution in [0.15, 0.2) is 26.2 Å². The fraction of sp³-hybridized carbons (Fsp3) is 0.500. The summed E-state index contributed by atoms with van der Waals surface area (Å²) in [4.78, 5) is 25.0. The molecular weight excluding hydrogens is 264 g/mol. The number of carbonyl (C=O) groups excluding carboxylic acids is 1. The lowest BCUT2D eigenvalue weighted by atomic mass is 9.78. The summed E-state index contributed by atoms with van der Waals surface area (Å²) in [5.41, 5.74) is 0.624. The summed E-state index contributed by atoms with van der Waals surface area (Å²) in [5.74, 6) is 0.384. The largest absolute Gasteiger partial charge is 0.438 e. The van der Waals surface area contributed by atoms with Gasteiger partial charge in [-0.2, -0.15) is 0 Å². The minimum atomic E-state index is -0.531. The molecule has 0 aliphatic heterocycles. The first kappa shape index (κ1) is 12.6. The van der Waals surface area contributed by atoms with Gasteiger partial charge in [0, 0.05) is 18.5 Å². The van der Waals surface area contributed by atoms with Crippen LogP contribution in [0.1, 0.15) is 24.4 Å². The number of H-pyrrole nitrogens is 1. The quantitative estimate of drug-likeness (QED) is 0.797. The molecule has 1 aliphatic rings. The number of carbonyl (C=O) groups is 1. The highest BCUT2D eigenvalue weighted by atomic mass is 16.5. The maximum absolute atomic E-state index is 11.7. The molecule has 0 atom stereocenters. The van der Waals surface area contributed by atoms with Crippen molar-refractivity contribution in [3.8, 4) is 0 Å². The van der Waals surface area contributed by atoms with E-state index in [1.165, 1.54) is 6.26 Å². The van der Waals surface area contributed by atoms with Crippen molar-refractivity contribution in [1.29, 1.82) is 0 Å². The van der Waals surface area contributed by atoms with E-state index in [4.69, 9.17) is 0 Å². The van der Waals surface area contributed by atoms with Crippen LogP contribution >= 0.6 is 0 Å². The summed E-state index contributed by atoms with van der Waals surface area (Å²) in [6.45, 7) is 0. The zero-order valence-electron chi connectivity index (χ0n) is 10.7. The molecule has 0 unspecified atom stereocenters. The maximum atomic E-state index is 11.7. The lowest BCUT2D eigenvalue weighted by molar-refractivity contribution is -0.122. The van der Waals surface area contributed by atoms with Gasteiger partial charge in [-0.05, 0) is 18.8 Å². The van der Waals surface area contributed by atoms with Crippen LogP contribution in [0.2, 0.25) is 0 Å². The Balaban J connectivity index is 1.39. The highest BCUT2D eigenvalue weighted by Gasteiger charge is 2.31. The van der Waals surface area contributed by atoms with Crippen molar-refractivity contribution >= 4 is 5.91 Å². The number of amides is 1. The Morgan fingerprint density at radius 2 is 2.30 bits per heavy atom. The molecule has 1 saturated carbocycles. The molecule has 3 rings (SSSR count). The van der Waals surface area contributed by atoms with Crippen LogP contribution in [-0.2, 0) is 17.6 Å². The van der Waals surface area contributed by atoms with E-state index in [1.54, 1.807) is 6.07 Å². The molecule has 20 heavy (non-hydrogen) atoms. The van der Waals surface area contributed by atoms with E-state index in [0.29, 0.717) is 23.9 Å². The van der Waals surface area contributed by atoms with Crippen LogP contribution in [0, 0.1) is 5.92 Å². The first-order valence-corrected chi connectivity index (χ1v) is 6.42. The number of nitrogens with zero attached hydrogens (tertiary/aromatic N) is 2. The lowest BCUT2D eigenvalue weighted by Gasteiger charge is -2.35. The van der Waals surface area contributed by atoms with E-state index in [9.17, 15) is 9.59 Å². The summed E-state index contributed by atoms with van der Waals surface area (Å²) < 4.78 is 9.11. The molecule has 1 fully saturated rings. The van der Waals surface area contributed by atoms with Crippen molar-refractivity contribution < 1.29 is 13.8 Å². The van der Waals surface area contributed by atoms with E-state index in [2.05, 4.69) is 29.7 Å². The number of rotatable bonds is 5. The molecule has 2 aromatic heterocycles. The molecular formula is C12H14N4O4. The minimum absolute atomic E-state index is 0.0582. The topological polar surface area (TPSA) is 114 Å². The van der Waals surface area contributed by atoms with Gasteiger partial charge in [-0.25, -0.2) is 4.79 Å². The van der Waals surface area contributed by atoms with Gasteiger partial charge in [0.25, 0.3) is 0 Å². The Hall–Kier alpha value is -2.38. The fourth-order valence-corrected chi connectivity index (χ4v) is 2.41. The predicted octanol–water partition coefficient (Wildman–Crippen LogP) is 0.0309. The van der Waals surface area contributed by atoms with E-state index in [1.807, 2.05) is 0 Å². The van der Waals surface area contributed by atoms with Crippen LogP contribution in [0.4, 0.5) is 0 Å². The Morgan fingerprint density at radius 1 is 1.45 bits per heavy atom. The molecule has 0 radical (unpaired) electrons. The summed E-state index contributed by atoms with van der Waals surface area (Å²) in [6, 6.07) is 1.85. The zero-order valence-corrected chi connectivity index (χ0v) is 10.7. The maximum Gasteiger partial charge on any atom is 0.438 e. The van der Waals surface area contributed by atoms with Crippen LogP contribution in [0.3, 0.4) is 0 Å². The summed E-state index contributed by atoms with van der Waals surface area (Å²) in [5, 5.41) is 10.3. The number of nitrogens with one attached hydrogen (secondary N) is 2. The van der Waals surface area contributed by atoms with Crippen LogP contribution in [-0.4, -0.2) is 27.2 Å². The second kappa shape index (κ2) is 5.32. The summed E-state index contributed by atoms with van der Waals surface area (Å²) in [7, 11) is 0. The zero-order chi connectivity index (χ0) is 13.9. The van der Waals surface area contributed by atoms with Crippen molar-refractivity contribution in [2.45, 2.75) is 31.7 Å². The number of aromatic nitrogens is 3. The average molecular weight is 278 g/mol. The second-order valence-corrected chi connectivity index (χ2v) is 5.02. The molecule has 8 heteroatoms. The Bertz CT molecular complexity index is 624. The molecule has 0 aromatic carbocycles. The van der Waals surface area contributed by atoms with Crippen molar-refractivity contribution in [3.05, 3.63) is 34.4 Å². The second-order valence-electron chi connectivity index (χ2n) is 5.02. The molecule has 0 bridgehead atoms. The smallest absolute Gasteiger partial charge is 0.364 e. The molecule has 8 nitrogen and oxygen atoms in total. The number of hydrogen-bond donors (Lipinski definition) is 2. The molecule has 0 saturated heterocycles. The van der Waals surface area contributed by atoms with Crippen LogP contribution < -0.4 is 11.1 Å². The normalized spacial score (nSPS) is 21.4. The van der Waals surface area contributed by atoms with Gasteiger partial charge in [-0.3, -0.25) is 14.3 Å². The molecule has 2 N–H and O–H groups in total. The predicted molar refractivity (Wildman–Crippen MR) is 65.7 cm³/mol. The first-order chi connectivity index (χ1) is 9.69. The van der Waals surface area contributed by atoms with E-state index < -0.39 is 5.76 Å². The van der Waals surface area contributed by atoms with Gasteiger partial charge in [0.15, 0.2) is 5.82 Å². The van der Waals surface area contributed by atoms with E-state index in [0.717, 1.165) is 12.8 Å². The Labute approximate surface area is 113 Å². The van der Waals surface area contributed by atoms with Gasteiger partial charge in [0.1, 0.15) is 6.26 Å². The third-order valence-corrected chi connectivity index (χ3v) is 3.40. The van der Waals surface area contributed by atoms with Gasteiger partial charge >= 0.3 is 5.76 Å². The van der Waals surface area contributed by atoms with Gasteiger partial charge in [0.05, 0.1) is 12.1 Å². The average Bonchev–Trinajstić information content (AvgIpc) is 2.98. The van der Waals surface area contributed by atoms with Gasteiger partial charge in [-0.1, -0.05) is 10.3 Å². The summed E-state index contributed by atoms with van der Waals surface area (Å²) >= 11 is 0. The molecule has 1 aliphatic carbocycles. The highest BCUT2D eigenvalue weighted by Crippen LogP contribution is 2.29. The summed E-state index contributed by atoms with van der Waals surface area (Å²) in [6.07, 6.45) is 4.09. The first-order valence-electron chi connectivity index (χ1n) is 6.42. The Kier molecular flexibility index (Phi) is 3.36. The fourth-order valence-electron chi connectivity index (χ4n) is 2.41. The van der Waals surface area contributed by atoms with Crippen LogP contribution in [0.5, 0.6) is 0 Å². The molecule has 0 spiro atoms. The molecule has 106 valence electrons. The molecule has 1 amide bonds. The van der Waals surface area contributed by atoms with Crippen molar-refractivity contribution in [3.63, 3.8) is 0 Å². The third kappa shape index (κ3) is 2.95. The lowest BCUT2D eigenvalue weighted by Crippen LogP contribution is -2.45. The third-order valence-electron chi connectivity index (χ3n) is 3.40.